The number of hydrogen-bond donors (Lipinski definition) is 1. The zero-order chi connectivity index (χ0) is 15.9. The molecule has 5 nitrogen and oxygen atoms in total. The number of benzene rings is 1. The summed E-state index contributed by atoms with van der Waals surface area (Å²) in [4.78, 5) is 22.8. The molecule has 1 amide bonds. The molecule has 0 fully saturated rings. The molecule has 0 unspecified atom stereocenters. The summed E-state index contributed by atoms with van der Waals surface area (Å²) in [7, 11) is 0. The van der Waals surface area contributed by atoms with Crippen molar-refractivity contribution < 1.29 is 13.9 Å². The van der Waals surface area contributed by atoms with Crippen molar-refractivity contribution in [1.82, 2.24) is 0 Å². The van der Waals surface area contributed by atoms with E-state index >= 15 is 0 Å². The molecule has 0 aliphatic heterocycles. The van der Waals surface area contributed by atoms with E-state index in [9.17, 15) is 9.59 Å². The van der Waals surface area contributed by atoms with Gasteiger partial charge in [0.15, 0.2) is 0 Å². The molecule has 0 aliphatic carbocycles. The quantitative estimate of drug-likeness (QED) is 0.506. The molecule has 0 saturated heterocycles. The van der Waals surface area contributed by atoms with Gasteiger partial charge in [0.1, 0.15) is 17.0 Å². The number of terminal acetylenes is 1. The molecule has 0 atom stereocenters. The molecule has 2 aromatic rings. The minimum absolute atomic E-state index is 0.128. The first-order valence-electron chi connectivity index (χ1n) is 7.02. The van der Waals surface area contributed by atoms with Gasteiger partial charge in [-0.2, -0.15) is 0 Å². The number of unbranched alkanes of at least 4 members (excludes halogenated alkanes) is 2. The van der Waals surface area contributed by atoms with Crippen LogP contribution in [0.25, 0.3) is 11.0 Å². The van der Waals surface area contributed by atoms with Gasteiger partial charge in [-0.15, -0.1) is 12.3 Å². The molecule has 1 heterocycles. The number of nitrogens with one attached hydrogen (secondary N) is 1. The summed E-state index contributed by atoms with van der Waals surface area (Å²) in [5.74, 6) is 2.89. The Morgan fingerprint density at radius 2 is 2.18 bits per heavy atom. The normalized spacial score (nSPS) is 10.2. The monoisotopic (exact) mass is 299 g/mol. The Morgan fingerprint density at radius 1 is 1.36 bits per heavy atom. The van der Waals surface area contributed by atoms with Crippen molar-refractivity contribution in [3.05, 3.63) is 34.7 Å². The minimum atomic E-state index is -0.589. The van der Waals surface area contributed by atoms with Crippen molar-refractivity contribution >= 4 is 22.6 Å². The van der Waals surface area contributed by atoms with Crippen molar-refractivity contribution in [1.29, 1.82) is 0 Å². The highest BCUT2D eigenvalue weighted by Crippen LogP contribution is 2.22. The van der Waals surface area contributed by atoms with Gasteiger partial charge >= 0.3 is 5.63 Å². The summed E-state index contributed by atoms with van der Waals surface area (Å²) in [6.45, 7) is 1.89. The second kappa shape index (κ2) is 7.32. The maximum atomic E-state index is 11.8. The second-order valence-corrected chi connectivity index (χ2v) is 4.84. The van der Waals surface area contributed by atoms with Crippen LogP contribution >= 0.6 is 0 Å². The summed E-state index contributed by atoms with van der Waals surface area (Å²) in [5, 5.41) is 3.15. The number of rotatable bonds is 6. The number of amides is 1. The van der Waals surface area contributed by atoms with Gasteiger partial charge in [-0.3, -0.25) is 4.79 Å². The first kappa shape index (κ1) is 15.6. The molecule has 114 valence electrons. The molecule has 1 N–H and O–H groups in total. The lowest BCUT2D eigenvalue weighted by molar-refractivity contribution is -0.114. The molecule has 5 heteroatoms. The Bertz CT molecular complexity index is 770. The molecule has 0 radical (unpaired) electrons. The predicted molar refractivity (Wildman–Crippen MR) is 85.0 cm³/mol. The molecule has 0 aliphatic rings. The van der Waals surface area contributed by atoms with Crippen molar-refractivity contribution in [2.45, 2.75) is 26.2 Å². The van der Waals surface area contributed by atoms with Gasteiger partial charge in [0.2, 0.25) is 5.91 Å². The van der Waals surface area contributed by atoms with Crippen LogP contribution in [0.4, 0.5) is 5.69 Å². The third-order valence-corrected chi connectivity index (χ3v) is 3.00. The summed E-state index contributed by atoms with van der Waals surface area (Å²) >= 11 is 0. The van der Waals surface area contributed by atoms with Gasteiger partial charge in [-0.1, -0.05) is 0 Å². The summed E-state index contributed by atoms with van der Waals surface area (Å²) in [6, 6.07) is 6.82. The van der Waals surface area contributed by atoms with Crippen molar-refractivity contribution in [2.24, 2.45) is 0 Å². The smallest absolute Gasteiger partial charge is 0.360 e. The van der Waals surface area contributed by atoms with E-state index in [1.807, 2.05) is 0 Å². The van der Waals surface area contributed by atoms with Gasteiger partial charge in [-0.05, 0) is 31.0 Å². The molecule has 22 heavy (non-hydrogen) atoms. The van der Waals surface area contributed by atoms with Gasteiger partial charge < -0.3 is 14.5 Å². The maximum Gasteiger partial charge on any atom is 0.360 e. The molecule has 0 saturated carbocycles. The van der Waals surface area contributed by atoms with E-state index in [1.54, 1.807) is 24.3 Å². The maximum absolute atomic E-state index is 11.8. The zero-order valence-electron chi connectivity index (χ0n) is 12.3. The minimum Gasteiger partial charge on any atom is -0.493 e. The lowest BCUT2D eigenvalue weighted by Crippen LogP contribution is -2.14. The topological polar surface area (TPSA) is 68.5 Å². The Kier molecular flexibility index (Phi) is 5.21. The van der Waals surface area contributed by atoms with E-state index in [1.165, 1.54) is 6.92 Å². The van der Waals surface area contributed by atoms with Crippen LogP contribution < -0.4 is 15.7 Å². The first-order valence-corrected chi connectivity index (χ1v) is 7.02. The molecular formula is C17H17NO4. The Labute approximate surface area is 128 Å². The third-order valence-electron chi connectivity index (χ3n) is 3.00. The van der Waals surface area contributed by atoms with Crippen LogP contribution in [-0.2, 0) is 4.79 Å². The zero-order valence-corrected chi connectivity index (χ0v) is 12.3. The predicted octanol–water partition coefficient (Wildman–Crippen LogP) is 2.93. The Morgan fingerprint density at radius 3 is 2.91 bits per heavy atom. The van der Waals surface area contributed by atoms with Crippen LogP contribution in [0.15, 0.2) is 33.5 Å². The Balaban J connectivity index is 2.12. The van der Waals surface area contributed by atoms with Crippen LogP contribution in [0.5, 0.6) is 5.75 Å². The number of carbonyl (C=O) groups is 1. The van der Waals surface area contributed by atoms with Crippen molar-refractivity contribution in [3.8, 4) is 18.1 Å². The SMILES string of the molecule is C#CCCCCOc1ccc2cc(NC(C)=O)c(=O)oc2c1. The summed E-state index contributed by atoms with van der Waals surface area (Å²) < 4.78 is 10.8. The highest BCUT2D eigenvalue weighted by atomic mass is 16.5. The van der Waals surface area contributed by atoms with Gasteiger partial charge in [0.05, 0.1) is 6.61 Å². The van der Waals surface area contributed by atoms with E-state index in [0.29, 0.717) is 23.3 Å². The number of fused-ring (bicyclic) bond motifs is 1. The fraction of sp³-hybridized carbons (Fsp3) is 0.294. The van der Waals surface area contributed by atoms with E-state index in [-0.39, 0.29) is 11.6 Å². The molecule has 1 aromatic carbocycles. The van der Waals surface area contributed by atoms with Crippen molar-refractivity contribution in [2.75, 3.05) is 11.9 Å². The van der Waals surface area contributed by atoms with Crippen LogP contribution in [0, 0.1) is 12.3 Å². The average Bonchev–Trinajstić information content (AvgIpc) is 2.47. The average molecular weight is 299 g/mol. The fourth-order valence-corrected chi connectivity index (χ4v) is 1.98. The second-order valence-electron chi connectivity index (χ2n) is 4.84. The van der Waals surface area contributed by atoms with Crippen molar-refractivity contribution in [3.63, 3.8) is 0 Å². The lowest BCUT2D eigenvalue weighted by atomic mass is 10.2. The van der Waals surface area contributed by atoms with Gasteiger partial charge in [0.25, 0.3) is 0 Å². The number of carbonyl (C=O) groups excluding carboxylic acids is 1. The molecule has 0 bridgehead atoms. The van der Waals surface area contributed by atoms with Crippen LogP contribution in [0.1, 0.15) is 26.2 Å². The third kappa shape index (κ3) is 4.13. The van der Waals surface area contributed by atoms with E-state index in [0.717, 1.165) is 19.3 Å². The summed E-state index contributed by atoms with van der Waals surface area (Å²) in [5.41, 5.74) is -0.0444. The molecule has 2 rings (SSSR count). The van der Waals surface area contributed by atoms with E-state index < -0.39 is 5.63 Å². The lowest BCUT2D eigenvalue weighted by Gasteiger charge is -2.07. The largest absolute Gasteiger partial charge is 0.493 e. The number of ether oxygens (including phenoxy) is 1. The standard InChI is InChI=1S/C17H17NO4/c1-3-4-5-6-9-21-14-8-7-13-10-15(18-12(2)19)17(20)22-16(13)11-14/h1,7-8,10-11H,4-6,9H2,2H3,(H,18,19). The first-order chi connectivity index (χ1) is 10.6. The molecule has 0 spiro atoms. The van der Waals surface area contributed by atoms with E-state index in [4.69, 9.17) is 15.6 Å². The number of anilines is 1. The van der Waals surface area contributed by atoms with E-state index in [2.05, 4.69) is 11.2 Å². The van der Waals surface area contributed by atoms with Crippen LogP contribution in [0.3, 0.4) is 0 Å². The van der Waals surface area contributed by atoms with Crippen LogP contribution in [0.2, 0.25) is 0 Å². The Hall–Kier alpha value is -2.74. The highest BCUT2D eigenvalue weighted by Gasteiger charge is 2.07. The fourth-order valence-electron chi connectivity index (χ4n) is 1.98. The van der Waals surface area contributed by atoms with Gasteiger partial charge in [0, 0.05) is 24.8 Å². The molecular weight excluding hydrogens is 282 g/mol. The molecule has 1 aromatic heterocycles. The summed E-state index contributed by atoms with van der Waals surface area (Å²) in [6.07, 6.45) is 7.70. The van der Waals surface area contributed by atoms with Gasteiger partial charge in [-0.25, -0.2) is 4.79 Å². The number of hydrogen-bond acceptors (Lipinski definition) is 4. The van der Waals surface area contributed by atoms with Crippen LogP contribution in [-0.4, -0.2) is 12.5 Å². The highest BCUT2D eigenvalue weighted by molar-refractivity contribution is 5.91.